The highest BCUT2D eigenvalue weighted by Crippen LogP contribution is 2.25. The Morgan fingerprint density at radius 1 is 1.30 bits per heavy atom. The number of furan rings is 1. The summed E-state index contributed by atoms with van der Waals surface area (Å²) in [5.41, 5.74) is 4.24. The second kappa shape index (κ2) is 6.09. The summed E-state index contributed by atoms with van der Waals surface area (Å²) in [4.78, 5) is 13.9. The highest BCUT2D eigenvalue weighted by molar-refractivity contribution is 5.88. The molecule has 1 heterocycles. The molecule has 4 heteroatoms. The van der Waals surface area contributed by atoms with Crippen molar-refractivity contribution in [3.8, 4) is 0 Å². The largest absolute Gasteiger partial charge is 0.464 e. The average molecular weight is 274 g/mol. The van der Waals surface area contributed by atoms with Crippen LogP contribution in [0.25, 0.3) is 11.0 Å². The Morgan fingerprint density at radius 2 is 2.00 bits per heavy atom. The van der Waals surface area contributed by atoms with Crippen LogP contribution in [-0.4, -0.2) is 38.0 Å². The third kappa shape index (κ3) is 3.02. The highest BCUT2D eigenvalue weighted by atomic mass is 16.3. The molecule has 4 nitrogen and oxygen atoms in total. The smallest absolute Gasteiger partial charge is 0.226 e. The fraction of sp³-hybridized carbons (Fsp3) is 0.438. The molecule has 0 aliphatic carbocycles. The molecule has 20 heavy (non-hydrogen) atoms. The van der Waals surface area contributed by atoms with Crippen LogP contribution in [0, 0.1) is 13.8 Å². The number of fused-ring (bicyclic) bond motifs is 1. The van der Waals surface area contributed by atoms with Crippen LogP contribution < -0.4 is 5.32 Å². The normalized spacial score (nSPS) is 11.0. The predicted molar refractivity (Wildman–Crippen MR) is 81.0 cm³/mol. The molecule has 1 N–H and O–H groups in total. The molecular formula is C16H22N2O2. The van der Waals surface area contributed by atoms with Crippen molar-refractivity contribution in [2.75, 3.05) is 27.2 Å². The molecule has 2 aromatic rings. The van der Waals surface area contributed by atoms with E-state index in [1.54, 1.807) is 11.2 Å². The number of carbonyl (C=O) groups excluding carboxylic acids is 1. The van der Waals surface area contributed by atoms with Crippen molar-refractivity contribution in [3.05, 3.63) is 35.1 Å². The maximum Gasteiger partial charge on any atom is 0.226 e. The van der Waals surface area contributed by atoms with Crippen LogP contribution in [0.4, 0.5) is 0 Å². The zero-order chi connectivity index (χ0) is 14.7. The molecule has 0 fully saturated rings. The minimum atomic E-state index is 0.112. The quantitative estimate of drug-likeness (QED) is 0.909. The van der Waals surface area contributed by atoms with Gasteiger partial charge in [0.1, 0.15) is 5.58 Å². The zero-order valence-corrected chi connectivity index (χ0v) is 12.6. The SMILES string of the molecule is CNCCN(C)C(=O)Cc1coc2cc(C)c(C)cc12. The molecule has 2 rings (SSSR count). The molecule has 1 aromatic heterocycles. The van der Waals surface area contributed by atoms with Crippen LogP contribution in [0.2, 0.25) is 0 Å². The van der Waals surface area contributed by atoms with E-state index in [0.29, 0.717) is 13.0 Å². The number of amides is 1. The molecule has 0 radical (unpaired) electrons. The Morgan fingerprint density at radius 3 is 2.70 bits per heavy atom. The molecular weight excluding hydrogens is 252 g/mol. The summed E-state index contributed by atoms with van der Waals surface area (Å²) in [5.74, 6) is 0.112. The standard InChI is InChI=1S/C16H22N2O2/c1-11-7-14-13(10-20-15(14)8-12(11)2)9-16(19)18(4)6-5-17-3/h7-8,10,17H,5-6,9H2,1-4H3. The second-order valence-corrected chi connectivity index (χ2v) is 5.29. The molecule has 0 bridgehead atoms. The lowest BCUT2D eigenvalue weighted by atomic mass is 10.0. The van der Waals surface area contributed by atoms with Gasteiger partial charge in [0.2, 0.25) is 5.91 Å². The molecule has 0 spiro atoms. The zero-order valence-electron chi connectivity index (χ0n) is 12.6. The number of nitrogens with zero attached hydrogens (tertiary/aromatic N) is 1. The summed E-state index contributed by atoms with van der Waals surface area (Å²) in [6.07, 6.45) is 2.09. The number of hydrogen-bond donors (Lipinski definition) is 1. The van der Waals surface area contributed by atoms with Crippen molar-refractivity contribution >= 4 is 16.9 Å². The summed E-state index contributed by atoms with van der Waals surface area (Å²) in [7, 11) is 3.71. The van der Waals surface area contributed by atoms with Crippen molar-refractivity contribution in [2.45, 2.75) is 20.3 Å². The number of aryl methyl sites for hydroxylation is 2. The molecule has 0 atom stereocenters. The molecule has 108 valence electrons. The Hall–Kier alpha value is -1.81. The highest BCUT2D eigenvalue weighted by Gasteiger charge is 2.14. The number of carbonyl (C=O) groups is 1. The van der Waals surface area contributed by atoms with E-state index < -0.39 is 0 Å². The van der Waals surface area contributed by atoms with Gasteiger partial charge in [-0.2, -0.15) is 0 Å². The third-order valence-electron chi connectivity index (χ3n) is 3.73. The second-order valence-electron chi connectivity index (χ2n) is 5.29. The van der Waals surface area contributed by atoms with Gasteiger partial charge in [-0.3, -0.25) is 4.79 Å². The fourth-order valence-corrected chi connectivity index (χ4v) is 2.18. The Balaban J connectivity index is 2.17. The molecule has 1 amide bonds. The minimum Gasteiger partial charge on any atom is -0.464 e. The van der Waals surface area contributed by atoms with Crippen molar-refractivity contribution < 1.29 is 9.21 Å². The lowest BCUT2D eigenvalue weighted by molar-refractivity contribution is -0.129. The molecule has 1 aromatic carbocycles. The van der Waals surface area contributed by atoms with Crippen LogP contribution >= 0.6 is 0 Å². The number of rotatable bonds is 5. The van der Waals surface area contributed by atoms with Gasteiger partial charge in [0.15, 0.2) is 0 Å². The summed E-state index contributed by atoms with van der Waals surface area (Å²) in [6, 6.07) is 4.13. The summed E-state index contributed by atoms with van der Waals surface area (Å²) >= 11 is 0. The van der Waals surface area contributed by atoms with Gasteiger partial charge < -0.3 is 14.6 Å². The van der Waals surface area contributed by atoms with Crippen LogP contribution in [0.5, 0.6) is 0 Å². The van der Waals surface area contributed by atoms with E-state index in [1.165, 1.54) is 11.1 Å². The predicted octanol–water partition coefficient (Wildman–Crippen LogP) is 2.27. The van der Waals surface area contributed by atoms with E-state index in [-0.39, 0.29) is 5.91 Å². The van der Waals surface area contributed by atoms with Gasteiger partial charge in [-0.25, -0.2) is 0 Å². The van der Waals surface area contributed by atoms with Gasteiger partial charge in [-0.15, -0.1) is 0 Å². The monoisotopic (exact) mass is 274 g/mol. The molecule has 0 saturated heterocycles. The Bertz CT molecular complexity index is 616. The first kappa shape index (κ1) is 14.6. The summed E-state index contributed by atoms with van der Waals surface area (Å²) in [5, 5.41) is 4.09. The first-order chi connectivity index (χ1) is 9.52. The van der Waals surface area contributed by atoms with Crippen molar-refractivity contribution in [1.29, 1.82) is 0 Å². The van der Waals surface area contributed by atoms with Crippen LogP contribution in [0.3, 0.4) is 0 Å². The number of benzene rings is 1. The van der Waals surface area contributed by atoms with Crippen molar-refractivity contribution in [1.82, 2.24) is 10.2 Å². The molecule has 0 unspecified atom stereocenters. The topological polar surface area (TPSA) is 45.5 Å². The average Bonchev–Trinajstić information content (AvgIpc) is 2.79. The summed E-state index contributed by atoms with van der Waals surface area (Å²) in [6.45, 7) is 5.65. The summed E-state index contributed by atoms with van der Waals surface area (Å²) < 4.78 is 5.56. The van der Waals surface area contributed by atoms with Crippen molar-refractivity contribution in [2.24, 2.45) is 0 Å². The van der Waals surface area contributed by atoms with Crippen LogP contribution in [-0.2, 0) is 11.2 Å². The molecule has 0 aliphatic rings. The molecule has 0 saturated carbocycles. The number of hydrogen-bond acceptors (Lipinski definition) is 3. The van der Waals surface area contributed by atoms with Crippen LogP contribution in [0.1, 0.15) is 16.7 Å². The van der Waals surface area contributed by atoms with Gasteiger partial charge in [-0.05, 0) is 44.2 Å². The first-order valence-corrected chi connectivity index (χ1v) is 6.89. The first-order valence-electron chi connectivity index (χ1n) is 6.89. The fourth-order valence-electron chi connectivity index (χ4n) is 2.18. The van der Waals surface area contributed by atoms with E-state index in [4.69, 9.17) is 4.42 Å². The minimum absolute atomic E-state index is 0.112. The number of likely N-dealkylation sites (N-methyl/N-ethyl adjacent to an activating group) is 2. The van der Waals surface area contributed by atoms with E-state index in [9.17, 15) is 4.79 Å². The maximum absolute atomic E-state index is 12.2. The maximum atomic E-state index is 12.2. The van der Waals surface area contributed by atoms with Gasteiger partial charge >= 0.3 is 0 Å². The van der Waals surface area contributed by atoms with E-state index in [0.717, 1.165) is 23.1 Å². The van der Waals surface area contributed by atoms with E-state index in [2.05, 4.69) is 25.2 Å². The van der Waals surface area contributed by atoms with Crippen molar-refractivity contribution in [3.63, 3.8) is 0 Å². The van der Waals surface area contributed by atoms with Gasteiger partial charge in [0, 0.05) is 31.1 Å². The lowest BCUT2D eigenvalue weighted by Gasteiger charge is -2.16. The van der Waals surface area contributed by atoms with E-state index in [1.807, 2.05) is 20.2 Å². The van der Waals surface area contributed by atoms with E-state index >= 15 is 0 Å². The lowest BCUT2D eigenvalue weighted by Crippen LogP contribution is -2.33. The Labute approximate surface area is 119 Å². The number of nitrogens with one attached hydrogen (secondary N) is 1. The van der Waals surface area contributed by atoms with Gasteiger partial charge in [0.05, 0.1) is 12.7 Å². The Kier molecular flexibility index (Phi) is 4.45. The van der Waals surface area contributed by atoms with Gasteiger partial charge in [0.25, 0.3) is 0 Å². The van der Waals surface area contributed by atoms with Crippen LogP contribution in [0.15, 0.2) is 22.8 Å². The van der Waals surface area contributed by atoms with Gasteiger partial charge in [-0.1, -0.05) is 0 Å². The third-order valence-corrected chi connectivity index (χ3v) is 3.73. The molecule has 0 aliphatic heterocycles.